The Kier molecular flexibility index (Phi) is 4.05. The highest BCUT2D eigenvalue weighted by Gasteiger charge is 2.36. The Bertz CT molecular complexity index is 558. The van der Waals surface area contributed by atoms with Gasteiger partial charge < -0.3 is 14.9 Å². The average Bonchev–Trinajstić information content (AvgIpc) is 2.53. The minimum atomic E-state index is -0.927. The number of nitrogens with zero attached hydrogens (tertiary/aromatic N) is 2. The zero-order chi connectivity index (χ0) is 14.8. The molecule has 2 aliphatic heterocycles. The van der Waals surface area contributed by atoms with Crippen molar-refractivity contribution in [3.63, 3.8) is 0 Å². The van der Waals surface area contributed by atoms with E-state index in [2.05, 4.69) is 0 Å². The van der Waals surface area contributed by atoms with Crippen molar-refractivity contribution in [1.82, 2.24) is 9.80 Å². The zero-order valence-corrected chi connectivity index (χ0v) is 12.5. The highest BCUT2D eigenvalue weighted by atomic mass is 32.2. The van der Waals surface area contributed by atoms with Crippen LogP contribution >= 0.6 is 11.8 Å². The van der Waals surface area contributed by atoms with Crippen molar-refractivity contribution in [2.24, 2.45) is 0 Å². The number of aliphatic carboxylic acids is 1. The van der Waals surface area contributed by atoms with Crippen LogP contribution in [0.1, 0.15) is 11.1 Å². The molecule has 6 heteroatoms. The first-order valence-electron chi connectivity index (χ1n) is 7.09. The smallest absolute Gasteiger partial charge is 0.326 e. The number of rotatable bonds is 1. The third-order valence-electron chi connectivity index (χ3n) is 4.06. The first kappa shape index (κ1) is 14.3. The van der Waals surface area contributed by atoms with E-state index < -0.39 is 12.0 Å². The summed E-state index contributed by atoms with van der Waals surface area (Å²) >= 11 is 1.83. The second kappa shape index (κ2) is 5.97. The number of fused-ring (bicyclic) bond motifs is 1. The number of carbonyl (C=O) groups is 2. The van der Waals surface area contributed by atoms with E-state index in [4.69, 9.17) is 0 Å². The lowest BCUT2D eigenvalue weighted by Crippen LogP contribution is -2.54. The summed E-state index contributed by atoms with van der Waals surface area (Å²) in [6.45, 7) is 1.79. The quantitative estimate of drug-likeness (QED) is 0.857. The summed E-state index contributed by atoms with van der Waals surface area (Å²) in [5.74, 6) is 0.922. The number of benzene rings is 1. The summed E-state index contributed by atoms with van der Waals surface area (Å²) in [5.41, 5.74) is 2.08. The van der Waals surface area contributed by atoms with Gasteiger partial charge in [0.25, 0.3) is 0 Å². The Morgan fingerprint density at radius 3 is 2.48 bits per heavy atom. The Balaban J connectivity index is 1.85. The summed E-state index contributed by atoms with van der Waals surface area (Å²) < 4.78 is 0. The van der Waals surface area contributed by atoms with Crippen LogP contribution in [0, 0.1) is 0 Å². The minimum absolute atomic E-state index is 0.141. The van der Waals surface area contributed by atoms with Gasteiger partial charge in [0.2, 0.25) is 0 Å². The SMILES string of the molecule is O=C(O)C1Cc2ccccc2CN1C(=O)N1CCSCC1. The first-order valence-corrected chi connectivity index (χ1v) is 8.25. The fourth-order valence-electron chi connectivity index (χ4n) is 2.88. The topological polar surface area (TPSA) is 60.9 Å². The molecule has 0 bridgehead atoms. The van der Waals surface area contributed by atoms with Crippen molar-refractivity contribution in [1.29, 1.82) is 0 Å². The molecule has 1 saturated heterocycles. The van der Waals surface area contributed by atoms with Gasteiger partial charge in [-0.1, -0.05) is 24.3 Å². The molecule has 0 aromatic heterocycles. The van der Waals surface area contributed by atoms with Gasteiger partial charge in [-0.15, -0.1) is 0 Å². The van der Waals surface area contributed by atoms with Gasteiger partial charge in [0.05, 0.1) is 0 Å². The van der Waals surface area contributed by atoms with Crippen molar-refractivity contribution in [3.05, 3.63) is 35.4 Å². The van der Waals surface area contributed by atoms with Gasteiger partial charge in [-0.2, -0.15) is 11.8 Å². The van der Waals surface area contributed by atoms with E-state index >= 15 is 0 Å². The van der Waals surface area contributed by atoms with Gasteiger partial charge in [-0.3, -0.25) is 0 Å². The molecule has 0 spiro atoms. The number of carboxylic acids is 1. The van der Waals surface area contributed by atoms with E-state index in [1.165, 1.54) is 4.90 Å². The molecule has 2 heterocycles. The average molecular weight is 306 g/mol. The number of urea groups is 1. The standard InChI is InChI=1S/C15H18N2O3S/c18-14(19)13-9-11-3-1-2-4-12(11)10-17(13)15(20)16-5-7-21-8-6-16/h1-4,13H,5-10H2,(H,18,19). The Hall–Kier alpha value is -1.69. The third kappa shape index (κ3) is 2.85. The molecule has 0 aliphatic carbocycles. The highest BCUT2D eigenvalue weighted by molar-refractivity contribution is 7.99. The largest absolute Gasteiger partial charge is 0.480 e. The number of hydrogen-bond acceptors (Lipinski definition) is 3. The summed E-state index contributed by atoms with van der Waals surface area (Å²) in [5, 5.41) is 9.46. The van der Waals surface area contributed by atoms with Crippen LogP contribution in [-0.2, 0) is 17.8 Å². The lowest BCUT2D eigenvalue weighted by atomic mass is 9.94. The van der Waals surface area contributed by atoms with Gasteiger partial charge in [-0.25, -0.2) is 9.59 Å². The maximum atomic E-state index is 12.7. The van der Waals surface area contributed by atoms with Gasteiger partial charge in [0.1, 0.15) is 6.04 Å². The van der Waals surface area contributed by atoms with Crippen LogP contribution in [0.5, 0.6) is 0 Å². The van der Waals surface area contributed by atoms with Crippen molar-refractivity contribution in [2.45, 2.75) is 19.0 Å². The fourth-order valence-corrected chi connectivity index (χ4v) is 3.78. The van der Waals surface area contributed by atoms with Crippen LogP contribution in [0.4, 0.5) is 4.79 Å². The molecule has 5 nitrogen and oxygen atoms in total. The number of thioether (sulfide) groups is 1. The van der Waals surface area contributed by atoms with E-state index in [0.29, 0.717) is 26.1 Å². The number of carboxylic acid groups (broad SMARTS) is 1. The lowest BCUT2D eigenvalue weighted by Gasteiger charge is -2.38. The molecule has 1 fully saturated rings. The van der Waals surface area contributed by atoms with Crippen molar-refractivity contribution < 1.29 is 14.7 Å². The van der Waals surface area contributed by atoms with Crippen LogP contribution in [0.25, 0.3) is 0 Å². The second-order valence-corrected chi connectivity index (χ2v) is 6.56. The maximum absolute atomic E-state index is 12.7. The molecular weight excluding hydrogens is 288 g/mol. The molecule has 112 valence electrons. The van der Waals surface area contributed by atoms with Gasteiger partial charge >= 0.3 is 12.0 Å². The zero-order valence-electron chi connectivity index (χ0n) is 11.7. The molecule has 1 aromatic carbocycles. The maximum Gasteiger partial charge on any atom is 0.326 e. The predicted molar refractivity (Wildman–Crippen MR) is 81.4 cm³/mol. The van der Waals surface area contributed by atoms with Crippen molar-refractivity contribution in [2.75, 3.05) is 24.6 Å². The number of amides is 2. The lowest BCUT2D eigenvalue weighted by molar-refractivity contribution is -0.142. The summed E-state index contributed by atoms with van der Waals surface area (Å²) in [4.78, 5) is 27.5. The first-order chi connectivity index (χ1) is 10.2. The van der Waals surface area contributed by atoms with Crippen LogP contribution in [0.2, 0.25) is 0 Å². The van der Waals surface area contributed by atoms with E-state index in [1.54, 1.807) is 4.90 Å². The van der Waals surface area contributed by atoms with E-state index in [-0.39, 0.29) is 6.03 Å². The second-order valence-electron chi connectivity index (χ2n) is 5.34. The summed E-state index contributed by atoms with van der Waals surface area (Å²) in [6, 6.07) is 6.86. The van der Waals surface area contributed by atoms with Crippen molar-refractivity contribution >= 4 is 23.8 Å². The molecule has 1 N–H and O–H groups in total. The van der Waals surface area contributed by atoms with Gasteiger partial charge in [0, 0.05) is 37.6 Å². The summed E-state index contributed by atoms with van der Waals surface area (Å²) in [7, 11) is 0. The van der Waals surface area contributed by atoms with E-state index in [9.17, 15) is 14.7 Å². The number of hydrogen-bond donors (Lipinski definition) is 1. The molecule has 0 saturated carbocycles. The van der Waals surface area contributed by atoms with Crippen molar-refractivity contribution in [3.8, 4) is 0 Å². The minimum Gasteiger partial charge on any atom is -0.480 e. The molecule has 1 aromatic rings. The molecule has 2 aliphatic rings. The van der Waals surface area contributed by atoms with Gasteiger partial charge in [0.15, 0.2) is 0 Å². The molecule has 2 amide bonds. The molecule has 1 atom stereocenters. The summed E-state index contributed by atoms with van der Waals surface area (Å²) in [6.07, 6.45) is 0.389. The van der Waals surface area contributed by atoms with E-state index in [0.717, 1.165) is 22.6 Å². The third-order valence-corrected chi connectivity index (χ3v) is 5.00. The molecule has 0 radical (unpaired) electrons. The van der Waals surface area contributed by atoms with Gasteiger partial charge in [-0.05, 0) is 11.1 Å². The monoisotopic (exact) mass is 306 g/mol. The van der Waals surface area contributed by atoms with Crippen LogP contribution in [-0.4, -0.2) is 57.5 Å². The fraction of sp³-hybridized carbons (Fsp3) is 0.467. The normalized spacial score (nSPS) is 21.8. The van der Waals surface area contributed by atoms with E-state index in [1.807, 2.05) is 36.0 Å². The molecule has 3 rings (SSSR count). The molecular formula is C15H18N2O3S. The Morgan fingerprint density at radius 2 is 1.81 bits per heavy atom. The van der Waals surface area contributed by atoms with Crippen LogP contribution < -0.4 is 0 Å². The molecule has 21 heavy (non-hydrogen) atoms. The van der Waals surface area contributed by atoms with Crippen LogP contribution in [0.15, 0.2) is 24.3 Å². The highest BCUT2D eigenvalue weighted by Crippen LogP contribution is 2.25. The Morgan fingerprint density at radius 1 is 1.14 bits per heavy atom. The Labute approximate surface area is 127 Å². The molecule has 1 unspecified atom stereocenters. The predicted octanol–water partition coefficient (Wildman–Crippen LogP) is 1.67. The van der Waals surface area contributed by atoms with Crippen LogP contribution in [0.3, 0.4) is 0 Å². The number of carbonyl (C=O) groups excluding carboxylic acids is 1.